The normalized spacial score (nSPS) is 19.0. The van der Waals surface area contributed by atoms with Crippen LogP contribution >= 0.6 is 0 Å². The van der Waals surface area contributed by atoms with E-state index in [0.717, 1.165) is 19.6 Å². The van der Waals surface area contributed by atoms with E-state index in [1.54, 1.807) is 0 Å². The van der Waals surface area contributed by atoms with Gasteiger partial charge < -0.3 is 5.32 Å². The summed E-state index contributed by atoms with van der Waals surface area (Å²) >= 11 is 0. The van der Waals surface area contributed by atoms with Crippen molar-refractivity contribution in [3.05, 3.63) is 35.4 Å². The molecule has 0 spiro atoms. The highest BCUT2D eigenvalue weighted by molar-refractivity contribution is 5.25. The third-order valence-corrected chi connectivity index (χ3v) is 4.60. The number of hydrogen-bond donors (Lipinski definition) is 1. The summed E-state index contributed by atoms with van der Waals surface area (Å²) in [6, 6.07) is 9.30. The average Bonchev–Trinajstić information content (AvgIpc) is 2.48. The minimum absolute atomic E-state index is 0.598. The molecule has 0 aromatic heterocycles. The Hall–Kier alpha value is -0.860. The van der Waals surface area contributed by atoms with E-state index in [0.29, 0.717) is 5.92 Å². The van der Waals surface area contributed by atoms with Crippen LogP contribution in [0, 0.1) is 0 Å². The molecular weight excluding hydrogens is 256 g/mol. The van der Waals surface area contributed by atoms with E-state index in [1.807, 2.05) is 0 Å². The van der Waals surface area contributed by atoms with Crippen LogP contribution in [0.1, 0.15) is 63.0 Å². The Labute approximate surface area is 130 Å². The molecule has 1 aromatic rings. The van der Waals surface area contributed by atoms with E-state index < -0.39 is 0 Å². The summed E-state index contributed by atoms with van der Waals surface area (Å²) < 4.78 is 0. The van der Waals surface area contributed by atoms with Gasteiger partial charge in [0.2, 0.25) is 0 Å². The zero-order chi connectivity index (χ0) is 14.9. The molecular formula is C19H32N2. The van der Waals surface area contributed by atoms with Crippen LogP contribution in [0.25, 0.3) is 0 Å². The largest absolute Gasteiger partial charge is 0.316 e. The topological polar surface area (TPSA) is 15.3 Å². The first-order valence-corrected chi connectivity index (χ1v) is 8.81. The van der Waals surface area contributed by atoms with Crippen molar-refractivity contribution < 1.29 is 0 Å². The Kier molecular flexibility index (Phi) is 7.25. The first-order valence-electron chi connectivity index (χ1n) is 8.81. The Morgan fingerprint density at radius 1 is 1.00 bits per heavy atom. The highest BCUT2D eigenvalue weighted by atomic mass is 15.1. The lowest BCUT2D eigenvalue weighted by Gasteiger charge is -2.24. The van der Waals surface area contributed by atoms with E-state index in [1.165, 1.54) is 56.3 Å². The van der Waals surface area contributed by atoms with Gasteiger partial charge in [-0.25, -0.2) is 0 Å². The molecule has 1 saturated heterocycles. The number of likely N-dealkylation sites (N-methyl/N-ethyl adjacent to an activating group) is 1. The molecule has 1 aliphatic rings. The summed E-state index contributed by atoms with van der Waals surface area (Å²) in [4.78, 5) is 2.64. The van der Waals surface area contributed by atoms with E-state index in [4.69, 9.17) is 0 Å². The average molecular weight is 288 g/mol. The van der Waals surface area contributed by atoms with Gasteiger partial charge in [-0.05, 0) is 49.5 Å². The van der Waals surface area contributed by atoms with Crippen LogP contribution in [-0.2, 0) is 6.54 Å². The fourth-order valence-electron chi connectivity index (χ4n) is 3.16. The maximum Gasteiger partial charge on any atom is 0.0233 e. The van der Waals surface area contributed by atoms with Gasteiger partial charge in [-0.1, -0.05) is 57.4 Å². The zero-order valence-electron chi connectivity index (χ0n) is 13.9. The predicted molar refractivity (Wildman–Crippen MR) is 91.8 cm³/mol. The maximum atomic E-state index is 3.43. The predicted octanol–water partition coefficient (Wildman–Crippen LogP) is 4.17. The molecule has 1 unspecified atom stereocenters. The van der Waals surface area contributed by atoms with Gasteiger partial charge >= 0.3 is 0 Å². The number of nitrogens with zero attached hydrogens (tertiary/aromatic N) is 1. The molecule has 2 rings (SSSR count). The van der Waals surface area contributed by atoms with Crippen molar-refractivity contribution in [1.29, 1.82) is 0 Å². The number of nitrogens with one attached hydrogen (secondary N) is 1. The Bertz CT molecular complexity index is 377. The van der Waals surface area contributed by atoms with Crippen LogP contribution in [0.4, 0.5) is 0 Å². The van der Waals surface area contributed by atoms with Crippen molar-refractivity contribution in [2.75, 3.05) is 26.2 Å². The third kappa shape index (κ3) is 5.80. The second kappa shape index (κ2) is 9.22. The van der Waals surface area contributed by atoms with Crippen molar-refractivity contribution in [1.82, 2.24) is 10.2 Å². The second-order valence-electron chi connectivity index (χ2n) is 6.49. The van der Waals surface area contributed by atoms with Gasteiger partial charge in [0.1, 0.15) is 0 Å². The fraction of sp³-hybridized carbons (Fsp3) is 0.684. The number of likely N-dealkylation sites (tertiary alicyclic amines) is 1. The smallest absolute Gasteiger partial charge is 0.0233 e. The molecule has 0 bridgehead atoms. The highest BCUT2D eigenvalue weighted by Crippen LogP contribution is 2.17. The van der Waals surface area contributed by atoms with Gasteiger partial charge in [0.05, 0.1) is 0 Å². The van der Waals surface area contributed by atoms with Crippen LogP contribution in [-0.4, -0.2) is 31.1 Å². The third-order valence-electron chi connectivity index (χ3n) is 4.60. The molecule has 1 heterocycles. The van der Waals surface area contributed by atoms with Gasteiger partial charge in [0.25, 0.3) is 0 Å². The lowest BCUT2D eigenvalue weighted by atomic mass is 9.99. The van der Waals surface area contributed by atoms with Crippen molar-refractivity contribution in [3.63, 3.8) is 0 Å². The molecule has 0 saturated carbocycles. The van der Waals surface area contributed by atoms with Gasteiger partial charge in [-0.3, -0.25) is 4.90 Å². The Morgan fingerprint density at radius 3 is 2.24 bits per heavy atom. The van der Waals surface area contributed by atoms with Gasteiger partial charge in [-0.2, -0.15) is 0 Å². The maximum absolute atomic E-state index is 3.43. The van der Waals surface area contributed by atoms with Crippen LogP contribution in [0.2, 0.25) is 0 Å². The lowest BCUT2D eigenvalue weighted by molar-refractivity contribution is 0.240. The van der Waals surface area contributed by atoms with Crippen LogP contribution < -0.4 is 5.32 Å². The number of rotatable bonds is 6. The van der Waals surface area contributed by atoms with Gasteiger partial charge in [0, 0.05) is 13.1 Å². The molecule has 1 aromatic carbocycles. The molecule has 1 N–H and O–H groups in total. The monoisotopic (exact) mass is 288 g/mol. The first kappa shape index (κ1) is 16.5. The summed E-state index contributed by atoms with van der Waals surface area (Å²) in [6.45, 7) is 10.3. The second-order valence-corrected chi connectivity index (χ2v) is 6.49. The minimum Gasteiger partial charge on any atom is -0.316 e. The summed E-state index contributed by atoms with van der Waals surface area (Å²) in [5.74, 6) is 0.598. The van der Waals surface area contributed by atoms with E-state index in [-0.39, 0.29) is 0 Å². The molecule has 0 amide bonds. The fourth-order valence-corrected chi connectivity index (χ4v) is 3.16. The molecule has 21 heavy (non-hydrogen) atoms. The minimum atomic E-state index is 0.598. The quantitative estimate of drug-likeness (QED) is 0.845. The SMILES string of the molecule is CCNCC(C)c1ccc(CN2CCCCCCC2)cc1. The summed E-state index contributed by atoms with van der Waals surface area (Å²) in [5, 5.41) is 3.43. The molecule has 2 nitrogen and oxygen atoms in total. The van der Waals surface area contributed by atoms with Crippen molar-refractivity contribution in [2.24, 2.45) is 0 Å². The lowest BCUT2D eigenvalue weighted by Crippen LogP contribution is -2.26. The van der Waals surface area contributed by atoms with E-state index in [2.05, 4.69) is 48.3 Å². The molecule has 1 aliphatic heterocycles. The van der Waals surface area contributed by atoms with E-state index in [9.17, 15) is 0 Å². The summed E-state index contributed by atoms with van der Waals surface area (Å²) in [7, 11) is 0. The molecule has 1 atom stereocenters. The van der Waals surface area contributed by atoms with Gasteiger partial charge in [0.15, 0.2) is 0 Å². The van der Waals surface area contributed by atoms with E-state index >= 15 is 0 Å². The van der Waals surface area contributed by atoms with Crippen LogP contribution in [0.3, 0.4) is 0 Å². The van der Waals surface area contributed by atoms with Crippen molar-refractivity contribution in [3.8, 4) is 0 Å². The summed E-state index contributed by atoms with van der Waals surface area (Å²) in [5.41, 5.74) is 2.92. The molecule has 0 aliphatic carbocycles. The van der Waals surface area contributed by atoms with Crippen LogP contribution in [0.5, 0.6) is 0 Å². The molecule has 2 heteroatoms. The standard InChI is InChI=1S/C19H32N2/c1-3-20-15-17(2)19-11-9-18(10-12-19)16-21-13-7-5-4-6-8-14-21/h9-12,17,20H,3-8,13-16H2,1-2H3. The van der Waals surface area contributed by atoms with Crippen molar-refractivity contribution in [2.45, 2.75) is 58.4 Å². The first-order chi connectivity index (χ1) is 10.3. The number of benzene rings is 1. The zero-order valence-corrected chi connectivity index (χ0v) is 13.9. The number of hydrogen-bond acceptors (Lipinski definition) is 2. The Morgan fingerprint density at radius 2 is 1.62 bits per heavy atom. The molecule has 118 valence electrons. The molecule has 1 fully saturated rings. The molecule has 0 radical (unpaired) electrons. The summed E-state index contributed by atoms with van der Waals surface area (Å²) in [6.07, 6.45) is 7.01. The van der Waals surface area contributed by atoms with Gasteiger partial charge in [-0.15, -0.1) is 0 Å². The Balaban J connectivity index is 1.86. The van der Waals surface area contributed by atoms with Crippen LogP contribution in [0.15, 0.2) is 24.3 Å². The highest BCUT2D eigenvalue weighted by Gasteiger charge is 2.09. The van der Waals surface area contributed by atoms with Crippen molar-refractivity contribution >= 4 is 0 Å².